The Balaban J connectivity index is 1.41. The molecule has 0 saturated heterocycles. The predicted octanol–water partition coefficient (Wildman–Crippen LogP) is 5.19. The average molecular weight is 483 g/mol. The molecule has 1 atom stereocenters. The normalized spacial score (nSPS) is 12.1. The summed E-state index contributed by atoms with van der Waals surface area (Å²) in [6.45, 7) is 4.81. The third kappa shape index (κ3) is 4.67. The van der Waals surface area contributed by atoms with Crippen LogP contribution in [0.1, 0.15) is 12.7 Å². The number of nitrogens with zero attached hydrogens (tertiary/aromatic N) is 5. The zero-order chi connectivity index (χ0) is 25.2. The number of hydrogen-bond acceptors (Lipinski definition) is 6. The Morgan fingerprint density at radius 3 is 2.56 bits per heavy atom. The van der Waals surface area contributed by atoms with E-state index in [1.807, 2.05) is 68.6 Å². The molecule has 0 amide bonds. The highest BCUT2D eigenvalue weighted by molar-refractivity contribution is 5.89. The Morgan fingerprint density at radius 1 is 0.972 bits per heavy atom. The lowest BCUT2D eigenvalue weighted by Crippen LogP contribution is -2.11. The fraction of sp³-hybridized carbons (Fsp3) is 0.250. The monoisotopic (exact) mass is 482 g/mol. The molecule has 5 aromatic rings. The van der Waals surface area contributed by atoms with Gasteiger partial charge in [0.1, 0.15) is 17.4 Å². The zero-order valence-corrected chi connectivity index (χ0v) is 20.9. The molecule has 0 saturated carbocycles. The molecule has 0 spiro atoms. The SMILES string of the molecule is COc1cc(-c2cnc(C)n2C)ccc1Nc1cc2cc(-c3cnn(CC(C)CO)c3)ccc2cn1. The lowest BCUT2D eigenvalue weighted by Gasteiger charge is -2.13. The number of hydrogen-bond donors (Lipinski definition) is 2. The summed E-state index contributed by atoms with van der Waals surface area (Å²) in [5.41, 5.74) is 5.02. The molecule has 0 aliphatic heterocycles. The molecule has 0 aliphatic carbocycles. The molecule has 0 aliphatic rings. The second-order valence-electron chi connectivity index (χ2n) is 9.16. The number of rotatable bonds is 8. The van der Waals surface area contributed by atoms with E-state index in [0.717, 1.165) is 56.2 Å². The fourth-order valence-corrected chi connectivity index (χ4v) is 4.24. The van der Waals surface area contributed by atoms with Crippen LogP contribution < -0.4 is 10.1 Å². The molecule has 0 fully saturated rings. The first kappa shape index (κ1) is 23.6. The number of aliphatic hydroxyl groups excluding tert-OH is 1. The molecule has 0 radical (unpaired) electrons. The molecule has 8 nitrogen and oxygen atoms in total. The fourth-order valence-electron chi connectivity index (χ4n) is 4.24. The van der Waals surface area contributed by atoms with Crippen molar-refractivity contribution in [3.8, 4) is 28.1 Å². The summed E-state index contributed by atoms with van der Waals surface area (Å²) < 4.78 is 9.62. The Morgan fingerprint density at radius 2 is 1.81 bits per heavy atom. The van der Waals surface area contributed by atoms with E-state index in [2.05, 4.69) is 49.2 Å². The molecule has 0 bridgehead atoms. The number of anilines is 2. The number of pyridine rings is 1. The van der Waals surface area contributed by atoms with E-state index in [9.17, 15) is 5.11 Å². The van der Waals surface area contributed by atoms with Gasteiger partial charge in [-0.25, -0.2) is 9.97 Å². The summed E-state index contributed by atoms with van der Waals surface area (Å²) >= 11 is 0. The number of aromatic nitrogens is 5. The Bertz CT molecular complexity index is 1520. The van der Waals surface area contributed by atoms with Crippen molar-refractivity contribution in [3.63, 3.8) is 0 Å². The number of imidazole rings is 1. The van der Waals surface area contributed by atoms with Crippen LogP contribution in [-0.2, 0) is 13.6 Å². The Kier molecular flexibility index (Phi) is 6.43. The van der Waals surface area contributed by atoms with Gasteiger partial charge in [0.05, 0.1) is 30.9 Å². The number of methoxy groups -OCH3 is 1. The van der Waals surface area contributed by atoms with Gasteiger partial charge in [-0.15, -0.1) is 0 Å². The summed E-state index contributed by atoms with van der Waals surface area (Å²) in [5.74, 6) is 2.58. The Labute approximate surface area is 210 Å². The van der Waals surface area contributed by atoms with Gasteiger partial charge in [-0.2, -0.15) is 5.10 Å². The summed E-state index contributed by atoms with van der Waals surface area (Å²) in [6.07, 6.45) is 7.62. The second kappa shape index (κ2) is 9.83. The van der Waals surface area contributed by atoms with Crippen LogP contribution in [0.4, 0.5) is 11.5 Å². The molecule has 1 unspecified atom stereocenters. The van der Waals surface area contributed by atoms with Crippen LogP contribution in [0.15, 0.2) is 67.3 Å². The number of benzene rings is 2. The van der Waals surface area contributed by atoms with Crippen LogP contribution >= 0.6 is 0 Å². The average Bonchev–Trinajstić information content (AvgIpc) is 3.50. The van der Waals surface area contributed by atoms with Gasteiger partial charge in [0.25, 0.3) is 0 Å². The van der Waals surface area contributed by atoms with E-state index in [1.165, 1.54) is 0 Å². The number of nitrogens with one attached hydrogen (secondary N) is 1. The van der Waals surface area contributed by atoms with Crippen molar-refractivity contribution in [2.45, 2.75) is 20.4 Å². The summed E-state index contributed by atoms with van der Waals surface area (Å²) in [6, 6.07) is 14.4. The van der Waals surface area contributed by atoms with Crippen LogP contribution in [0, 0.1) is 12.8 Å². The topological polar surface area (TPSA) is 90.0 Å². The van der Waals surface area contributed by atoms with Crippen LogP contribution in [-0.4, -0.2) is 43.1 Å². The maximum atomic E-state index is 9.32. The van der Waals surface area contributed by atoms with Gasteiger partial charge < -0.3 is 19.7 Å². The number of aliphatic hydroxyl groups is 1. The largest absolute Gasteiger partial charge is 0.495 e. The van der Waals surface area contributed by atoms with E-state index in [-0.39, 0.29) is 12.5 Å². The maximum absolute atomic E-state index is 9.32. The predicted molar refractivity (Wildman–Crippen MR) is 142 cm³/mol. The van der Waals surface area contributed by atoms with E-state index in [1.54, 1.807) is 7.11 Å². The molecule has 2 N–H and O–H groups in total. The third-order valence-corrected chi connectivity index (χ3v) is 6.48. The van der Waals surface area contributed by atoms with Crippen molar-refractivity contribution in [3.05, 3.63) is 73.1 Å². The molecule has 3 aromatic heterocycles. The van der Waals surface area contributed by atoms with Gasteiger partial charge in [0, 0.05) is 49.1 Å². The van der Waals surface area contributed by atoms with Gasteiger partial charge in [0.15, 0.2) is 0 Å². The summed E-state index contributed by atoms with van der Waals surface area (Å²) in [5, 5.41) is 19.3. The highest BCUT2D eigenvalue weighted by Crippen LogP contribution is 2.33. The van der Waals surface area contributed by atoms with Crippen molar-refractivity contribution in [2.24, 2.45) is 13.0 Å². The molecule has 2 aromatic carbocycles. The standard InChI is InChI=1S/C28H30N6O2/c1-18(17-35)15-34-16-24(13-31-34)20-5-6-22-12-30-28(11-23(22)9-20)32-25-8-7-21(10-27(25)36-4)26-14-29-19(2)33(26)3/h5-14,16,18,35H,15,17H2,1-4H3,(H,30,32). The minimum absolute atomic E-state index is 0.143. The van der Waals surface area contributed by atoms with Crippen LogP contribution in [0.5, 0.6) is 5.75 Å². The first-order valence-corrected chi connectivity index (χ1v) is 11.9. The van der Waals surface area contributed by atoms with E-state index >= 15 is 0 Å². The van der Waals surface area contributed by atoms with Crippen molar-refractivity contribution < 1.29 is 9.84 Å². The molecule has 36 heavy (non-hydrogen) atoms. The van der Waals surface area contributed by atoms with Crippen molar-refractivity contribution in [1.82, 2.24) is 24.3 Å². The number of ether oxygens (including phenoxy) is 1. The van der Waals surface area contributed by atoms with Gasteiger partial charge >= 0.3 is 0 Å². The minimum atomic E-state index is 0.143. The second-order valence-corrected chi connectivity index (χ2v) is 9.16. The van der Waals surface area contributed by atoms with E-state index in [4.69, 9.17) is 4.74 Å². The molecule has 8 heteroatoms. The first-order chi connectivity index (χ1) is 17.4. The van der Waals surface area contributed by atoms with Gasteiger partial charge in [0.2, 0.25) is 0 Å². The van der Waals surface area contributed by atoms with Gasteiger partial charge in [-0.1, -0.05) is 25.1 Å². The van der Waals surface area contributed by atoms with E-state index < -0.39 is 0 Å². The smallest absolute Gasteiger partial charge is 0.143 e. The molecule has 184 valence electrons. The van der Waals surface area contributed by atoms with Crippen molar-refractivity contribution in [1.29, 1.82) is 0 Å². The number of aryl methyl sites for hydroxylation is 1. The summed E-state index contributed by atoms with van der Waals surface area (Å²) in [4.78, 5) is 9.00. The van der Waals surface area contributed by atoms with E-state index in [0.29, 0.717) is 6.54 Å². The number of fused-ring (bicyclic) bond motifs is 1. The van der Waals surface area contributed by atoms with Crippen LogP contribution in [0.3, 0.4) is 0 Å². The molecule has 3 heterocycles. The molecular formula is C28H30N6O2. The minimum Gasteiger partial charge on any atom is -0.495 e. The molecule has 5 rings (SSSR count). The lowest BCUT2D eigenvalue weighted by molar-refractivity contribution is 0.219. The summed E-state index contributed by atoms with van der Waals surface area (Å²) in [7, 11) is 3.67. The van der Waals surface area contributed by atoms with Crippen molar-refractivity contribution >= 4 is 22.3 Å². The first-order valence-electron chi connectivity index (χ1n) is 11.9. The zero-order valence-electron chi connectivity index (χ0n) is 20.9. The van der Waals surface area contributed by atoms with Gasteiger partial charge in [-0.05, 0) is 48.1 Å². The Hall–Kier alpha value is -4.17. The van der Waals surface area contributed by atoms with Crippen molar-refractivity contribution in [2.75, 3.05) is 19.0 Å². The van der Waals surface area contributed by atoms with Crippen LogP contribution in [0.2, 0.25) is 0 Å². The highest BCUT2D eigenvalue weighted by Gasteiger charge is 2.12. The highest BCUT2D eigenvalue weighted by atomic mass is 16.5. The van der Waals surface area contributed by atoms with Gasteiger partial charge in [-0.3, -0.25) is 4.68 Å². The maximum Gasteiger partial charge on any atom is 0.143 e. The quantitative estimate of drug-likeness (QED) is 0.316. The lowest BCUT2D eigenvalue weighted by atomic mass is 10.0. The third-order valence-electron chi connectivity index (χ3n) is 6.48. The molecular weight excluding hydrogens is 452 g/mol. The van der Waals surface area contributed by atoms with Crippen LogP contribution in [0.25, 0.3) is 33.2 Å².